The van der Waals surface area contributed by atoms with E-state index in [4.69, 9.17) is 9.47 Å². The Kier molecular flexibility index (Phi) is 5.41. The number of nitrogens with zero attached hydrogens (tertiary/aromatic N) is 2. The molecule has 2 aromatic rings. The maximum Gasteiger partial charge on any atom is 0.330 e. The van der Waals surface area contributed by atoms with Crippen molar-refractivity contribution in [2.24, 2.45) is 0 Å². The zero-order chi connectivity index (χ0) is 15.9. The highest BCUT2D eigenvalue weighted by atomic mass is 19.1. The van der Waals surface area contributed by atoms with Crippen LogP contribution < -0.4 is 4.74 Å². The van der Waals surface area contributed by atoms with Gasteiger partial charge in [0.15, 0.2) is 5.82 Å². The molecule has 0 aromatic carbocycles. The molecule has 0 unspecified atom stereocenters. The zero-order valence-corrected chi connectivity index (χ0v) is 12.5. The average molecular weight is 304 g/mol. The van der Waals surface area contributed by atoms with Gasteiger partial charge in [0.25, 0.3) is 0 Å². The second-order valence-electron chi connectivity index (χ2n) is 4.60. The third-order valence-electron chi connectivity index (χ3n) is 3.02. The standard InChI is InChI=1S/C16H17FN2O3/c1-3-4-9-22-15(20)8-5-11-12(17)10-18-13-6-7-14(21-2)19-16(11)13/h5-8,10H,3-4,9H2,1-2H3. The van der Waals surface area contributed by atoms with E-state index in [1.165, 1.54) is 19.3 Å². The van der Waals surface area contributed by atoms with E-state index in [0.29, 0.717) is 23.5 Å². The summed E-state index contributed by atoms with van der Waals surface area (Å²) in [6.07, 6.45) is 5.36. The van der Waals surface area contributed by atoms with Crippen LogP contribution in [0.2, 0.25) is 0 Å². The molecule has 0 aliphatic rings. The van der Waals surface area contributed by atoms with Crippen LogP contribution in [0.15, 0.2) is 24.4 Å². The first-order chi connectivity index (χ1) is 10.7. The molecule has 2 rings (SSSR count). The van der Waals surface area contributed by atoms with Gasteiger partial charge in [0, 0.05) is 17.7 Å². The second kappa shape index (κ2) is 7.49. The maximum atomic E-state index is 14.0. The molecule has 0 fully saturated rings. The summed E-state index contributed by atoms with van der Waals surface area (Å²) in [6.45, 7) is 2.35. The Morgan fingerprint density at radius 3 is 2.95 bits per heavy atom. The summed E-state index contributed by atoms with van der Waals surface area (Å²) in [4.78, 5) is 19.7. The van der Waals surface area contributed by atoms with E-state index in [-0.39, 0.29) is 5.56 Å². The van der Waals surface area contributed by atoms with Crippen molar-refractivity contribution in [3.05, 3.63) is 35.8 Å². The SMILES string of the molecule is CCCCOC(=O)C=Cc1c(F)cnc2ccc(OC)nc12. The van der Waals surface area contributed by atoms with Gasteiger partial charge in [0.1, 0.15) is 5.52 Å². The fraction of sp³-hybridized carbons (Fsp3) is 0.312. The number of unbranched alkanes of at least 4 members (excludes halogenated alkanes) is 1. The molecule has 0 bridgehead atoms. The number of rotatable bonds is 6. The predicted molar refractivity (Wildman–Crippen MR) is 80.9 cm³/mol. The number of ether oxygens (including phenoxy) is 2. The first kappa shape index (κ1) is 15.9. The molecule has 0 spiro atoms. The van der Waals surface area contributed by atoms with E-state index < -0.39 is 11.8 Å². The van der Waals surface area contributed by atoms with Crippen LogP contribution in [0.5, 0.6) is 5.88 Å². The molecular weight excluding hydrogens is 287 g/mol. The van der Waals surface area contributed by atoms with Crippen LogP contribution in [-0.4, -0.2) is 29.7 Å². The van der Waals surface area contributed by atoms with Crippen molar-refractivity contribution in [2.75, 3.05) is 13.7 Å². The Morgan fingerprint density at radius 2 is 2.23 bits per heavy atom. The number of pyridine rings is 2. The highest BCUT2D eigenvalue weighted by molar-refractivity contribution is 5.92. The lowest BCUT2D eigenvalue weighted by Gasteiger charge is -2.05. The minimum atomic E-state index is -0.564. The van der Waals surface area contributed by atoms with Crippen molar-refractivity contribution >= 4 is 23.1 Å². The molecular formula is C16H17FN2O3. The van der Waals surface area contributed by atoms with Gasteiger partial charge in [-0.15, -0.1) is 0 Å². The van der Waals surface area contributed by atoms with Crippen molar-refractivity contribution in [3.63, 3.8) is 0 Å². The summed E-state index contributed by atoms with van der Waals surface area (Å²) < 4.78 is 24.0. The third kappa shape index (κ3) is 3.78. The number of methoxy groups -OCH3 is 1. The molecule has 2 aromatic heterocycles. The molecule has 2 heterocycles. The van der Waals surface area contributed by atoms with Gasteiger partial charge in [-0.1, -0.05) is 13.3 Å². The van der Waals surface area contributed by atoms with Gasteiger partial charge >= 0.3 is 5.97 Å². The number of carbonyl (C=O) groups is 1. The first-order valence-corrected chi connectivity index (χ1v) is 6.99. The number of carbonyl (C=O) groups excluding carboxylic acids is 1. The van der Waals surface area contributed by atoms with Crippen LogP contribution in [0.4, 0.5) is 4.39 Å². The van der Waals surface area contributed by atoms with Crippen LogP contribution in [0, 0.1) is 5.82 Å². The van der Waals surface area contributed by atoms with E-state index in [2.05, 4.69) is 9.97 Å². The maximum absolute atomic E-state index is 14.0. The summed E-state index contributed by atoms with van der Waals surface area (Å²) in [5, 5.41) is 0. The Bertz CT molecular complexity index is 701. The third-order valence-corrected chi connectivity index (χ3v) is 3.02. The molecule has 0 saturated heterocycles. The van der Waals surface area contributed by atoms with Crippen molar-refractivity contribution in [1.82, 2.24) is 9.97 Å². The van der Waals surface area contributed by atoms with Crippen LogP contribution in [0.3, 0.4) is 0 Å². The highest BCUT2D eigenvalue weighted by Gasteiger charge is 2.09. The topological polar surface area (TPSA) is 61.3 Å². The smallest absolute Gasteiger partial charge is 0.330 e. The van der Waals surface area contributed by atoms with E-state index in [0.717, 1.165) is 19.0 Å². The minimum Gasteiger partial charge on any atom is -0.481 e. The van der Waals surface area contributed by atoms with E-state index in [1.54, 1.807) is 12.1 Å². The van der Waals surface area contributed by atoms with Crippen LogP contribution in [0.1, 0.15) is 25.3 Å². The number of hydrogen-bond acceptors (Lipinski definition) is 5. The Labute approximate surface area is 127 Å². The van der Waals surface area contributed by atoms with Crippen molar-refractivity contribution in [1.29, 1.82) is 0 Å². The van der Waals surface area contributed by atoms with Gasteiger partial charge in [-0.25, -0.2) is 14.2 Å². The quantitative estimate of drug-likeness (QED) is 0.466. The number of fused-ring (bicyclic) bond motifs is 1. The first-order valence-electron chi connectivity index (χ1n) is 6.99. The molecule has 0 saturated carbocycles. The van der Waals surface area contributed by atoms with E-state index in [1.807, 2.05) is 6.92 Å². The predicted octanol–water partition coefficient (Wildman–Crippen LogP) is 3.13. The zero-order valence-electron chi connectivity index (χ0n) is 12.5. The largest absolute Gasteiger partial charge is 0.481 e. The second-order valence-corrected chi connectivity index (χ2v) is 4.60. The summed E-state index contributed by atoms with van der Waals surface area (Å²) >= 11 is 0. The monoisotopic (exact) mass is 304 g/mol. The van der Waals surface area contributed by atoms with Crippen molar-refractivity contribution in [2.45, 2.75) is 19.8 Å². The summed E-state index contributed by atoms with van der Waals surface area (Å²) in [5.41, 5.74) is 1.02. The molecule has 0 N–H and O–H groups in total. The lowest BCUT2D eigenvalue weighted by atomic mass is 10.1. The van der Waals surface area contributed by atoms with Crippen molar-refractivity contribution < 1.29 is 18.7 Å². The number of hydrogen-bond donors (Lipinski definition) is 0. The Balaban J connectivity index is 2.29. The van der Waals surface area contributed by atoms with Crippen LogP contribution in [0.25, 0.3) is 17.1 Å². The van der Waals surface area contributed by atoms with Gasteiger partial charge in [-0.2, -0.15) is 0 Å². The molecule has 5 nitrogen and oxygen atoms in total. The lowest BCUT2D eigenvalue weighted by Crippen LogP contribution is -2.02. The van der Waals surface area contributed by atoms with Gasteiger partial charge in [-0.3, -0.25) is 4.98 Å². The molecule has 0 amide bonds. The van der Waals surface area contributed by atoms with Gasteiger partial charge in [0.2, 0.25) is 5.88 Å². The van der Waals surface area contributed by atoms with Gasteiger partial charge < -0.3 is 9.47 Å². The summed E-state index contributed by atoms with van der Waals surface area (Å²) in [7, 11) is 1.47. The van der Waals surface area contributed by atoms with Crippen LogP contribution in [-0.2, 0) is 9.53 Å². The van der Waals surface area contributed by atoms with Gasteiger partial charge in [0.05, 0.1) is 25.4 Å². The molecule has 116 valence electrons. The Hall–Kier alpha value is -2.50. The molecule has 0 aliphatic carbocycles. The average Bonchev–Trinajstić information content (AvgIpc) is 2.53. The van der Waals surface area contributed by atoms with E-state index in [9.17, 15) is 9.18 Å². The molecule has 0 aliphatic heterocycles. The van der Waals surface area contributed by atoms with Crippen LogP contribution >= 0.6 is 0 Å². The van der Waals surface area contributed by atoms with Crippen molar-refractivity contribution in [3.8, 4) is 5.88 Å². The summed E-state index contributed by atoms with van der Waals surface area (Å²) in [6, 6.07) is 3.32. The summed E-state index contributed by atoms with van der Waals surface area (Å²) in [5.74, 6) is -0.730. The highest BCUT2D eigenvalue weighted by Crippen LogP contribution is 2.22. The normalized spacial score (nSPS) is 11.0. The van der Waals surface area contributed by atoms with E-state index >= 15 is 0 Å². The fourth-order valence-electron chi connectivity index (χ4n) is 1.83. The number of halogens is 1. The number of esters is 1. The lowest BCUT2D eigenvalue weighted by molar-refractivity contribution is -0.137. The number of aromatic nitrogens is 2. The fourth-order valence-corrected chi connectivity index (χ4v) is 1.83. The van der Waals surface area contributed by atoms with Gasteiger partial charge in [-0.05, 0) is 18.6 Å². The molecule has 0 radical (unpaired) electrons. The minimum absolute atomic E-state index is 0.177. The molecule has 22 heavy (non-hydrogen) atoms. The Morgan fingerprint density at radius 1 is 1.41 bits per heavy atom. The molecule has 6 heteroatoms. The molecule has 0 atom stereocenters.